The number of carbonyl (C=O) groups is 2. The van der Waals surface area contributed by atoms with Gasteiger partial charge >= 0.3 is 5.97 Å². The number of nitrogens with zero attached hydrogens (tertiary/aromatic N) is 1. The van der Waals surface area contributed by atoms with Gasteiger partial charge in [0.1, 0.15) is 5.75 Å². The van der Waals surface area contributed by atoms with Crippen molar-refractivity contribution in [2.45, 2.75) is 26.3 Å². The van der Waals surface area contributed by atoms with E-state index in [1.807, 2.05) is 6.07 Å². The summed E-state index contributed by atoms with van der Waals surface area (Å²) in [4.78, 5) is 24.4. The Kier molecular flexibility index (Phi) is 3.74. The minimum Gasteiger partial charge on any atom is -0.493 e. The van der Waals surface area contributed by atoms with Crippen LogP contribution in [0.25, 0.3) is 0 Å². The van der Waals surface area contributed by atoms with E-state index in [9.17, 15) is 14.7 Å². The van der Waals surface area contributed by atoms with E-state index in [2.05, 4.69) is 0 Å². The highest BCUT2D eigenvalue weighted by atomic mass is 16.5. The number of benzene rings is 1. The van der Waals surface area contributed by atoms with Gasteiger partial charge in [-0.05, 0) is 30.2 Å². The summed E-state index contributed by atoms with van der Waals surface area (Å²) in [5.41, 5.74) is 1.62. The molecular formula is C14H17NO4. The van der Waals surface area contributed by atoms with E-state index in [4.69, 9.17) is 4.74 Å². The SMILES string of the molecule is CCN(C(C)=O)C(C(=O)O)c1ccc2c(c1)CCO2. The number of hydrogen-bond donors (Lipinski definition) is 1. The molecule has 1 aromatic carbocycles. The molecule has 5 heteroatoms. The molecule has 0 spiro atoms. The molecule has 0 aromatic heterocycles. The van der Waals surface area contributed by atoms with Gasteiger partial charge in [-0.15, -0.1) is 0 Å². The van der Waals surface area contributed by atoms with E-state index >= 15 is 0 Å². The molecule has 0 saturated heterocycles. The molecule has 1 aliphatic heterocycles. The number of aliphatic carboxylic acids is 1. The van der Waals surface area contributed by atoms with Crippen molar-refractivity contribution in [2.75, 3.05) is 13.2 Å². The lowest BCUT2D eigenvalue weighted by atomic mass is 10.0. The summed E-state index contributed by atoms with van der Waals surface area (Å²) in [6.45, 7) is 4.14. The van der Waals surface area contributed by atoms with Crippen molar-refractivity contribution in [1.82, 2.24) is 4.90 Å². The molecule has 1 atom stereocenters. The minimum atomic E-state index is -1.02. The Labute approximate surface area is 111 Å². The molecular weight excluding hydrogens is 246 g/mol. The molecule has 5 nitrogen and oxygen atoms in total. The third-order valence-electron chi connectivity index (χ3n) is 3.32. The van der Waals surface area contributed by atoms with E-state index in [1.165, 1.54) is 11.8 Å². The van der Waals surface area contributed by atoms with Gasteiger partial charge in [0, 0.05) is 19.9 Å². The second kappa shape index (κ2) is 5.30. The normalized spacial score (nSPS) is 14.4. The lowest BCUT2D eigenvalue weighted by molar-refractivity contribution is -0.149. The largest absolute Gasteiger partial charge is 0.493 e. The van der Waals surface area contributed by atoms with Crippen molar-refractivity contribution >= 4 is 11.9 Å². The van der Waals surface area contributed by atoms with Crippen LogP contribution in [0.3, 0.4) is 0 Å². The number of fused-ring (bicyclic) bond motifs is 1. The Bertz CT molecular complexity index is 512. The molecule has 1 aromatic rings. The first kappa shape index (κ1) is 13.4. The molecule has 0 fully saturated rings. The van der Waals surface area contributed by atoms with Gasteiger partial charge in [-0.2, -0.15) is 0 Å². The maximum Gasteiger partial charge on any atom is 0.331 e. The van der Waals surface area contributed by atoms with Crippen LogP contribution in [0.15, 0.2) is 18.2 Å². The Morgan fingerprint density at radius 1 is 1.47 bits per heavy atom. The number of rotatable bonds is 4. The number of ether oxygens (including phenoxy) is 1. The summed E-state index contributed by atoms with van der Waals surface area (Å²) >= 11 is 0. The molecule has 102 valence electrons. The number of hydrogen-bond acceptors (Lipinski definition) is 3. The lowest BCUT2D eigenvalue weighted by Gasteiger charge is -2.27. The first-order chi connectivity index (χ1) is 9.04. The summed E-state index contributed by atoms with van der Waals surface area (Å²) in [5, 5.41) is 9.40. The van der Waals surface area contributed by atoms with Gasteiger partial charge in [-0.1, -0.05) is 6.07 Å². The standard InChI is InChI=1S/C14H17NO4/c1-3-15(9(2)16)13(14(17)18)11-4-5-12-10(8-11)6-7-19-12/h4-5,8,13H,3,6-7H2,1-2H3,(H,17,18). The van der Waals surface area contributed by atoms with E-state index in [0.29, 0.717) is 18.7 Å². The predicted molar refractivity (Wildman–Crippen MR) is 69.1 cm³/mol. The molecule has 1 amide bonds. The van der Waals surface area contributed by atoms with Crippen LogP contribution in [-0.4, -0.2) is 35.0 Å². The number of carboxylic acids is 1. The fraction of sp³-hybridized carbons (Fsp3) is 0.429. The van der Waals surface area contributed by atoms with Crippen molar-refractivity contribution in [1.29, 1.82) is 0 Å². The van der Waals surface area contributed by atoms with Gasteiger partial charge in [-0.3, -0.25) is 4.79 Å². The van der Waals surface area contributed by atoms with Crippen LogP contribution in [0.5, 0.6) is 5.75 Å². The van der Waals surface area contributed by atoms with Crippen LogP contribution < -0.4 is 4.74 Å². The summed E-state index contributed by atoms with van der Waals surface area (Å²) in [7, 11) is 0. The Balaban J connectivity index is 2.39. The Morgan fingerprint density at radius 2 is 2.21 bits per heavy atom. The van der Waals surface area contributed by atoms with Crippen molar-refractivity contribution in [3.8, 4) is 5.75 Å². The predicted octanol–water partition coefficient (Wildman–Crippen LogP) is 1.62. The maximum absolute atomic E-state index is 11.6. The average Bonchev–Trinajstić information content (AvgIpc) is 2.81. The third-order valence-corrected chi connectivity index (χ3v) is 3.32. The van der Waals surface area contributed by atoms with Gasteiger partial charge in [0.05, 0.1) is 6.61 Å². The van der Waals surface area contributed by atoms with Gasteiger partial charge in [0.15, 0.2) is 6.04 Å². The first-order valence-corrected chi connectivity index (χ1v) is 6.30. The zero-order valence-corrected chi connectivity index (χ0v) is 11.0. The minimum absolute atomic E-state index is 0.244. The molecule has 0 saturated carbocycles. The molecule has 1 aliphatic rings. The van der Waals surface area contributed by atoms with Crippen LogP contribution in [0.2, 0.25) is 0 Å². The average molecular weight is 263 g/mol. The molecule has 1 heterocycles. The first-order valence-electron chi connectivity index (χ1n) is 6.30. The third kappa shape index (κ3) is 2.54. The smallest absolute Gasteiger partial charge is 0.331 e. The molecule has 0 aliphatic carbocycles. The van der Waals surface area contributed by atoms with Gasteiger partial charge < -0.3 is 14.7 Å². The molecule has 19 heavy (non-hydrogen) atoms. The second-order valence-corrected chi connectivity index (χ2v) is 4.51. The highest BCUT2D eigenvalue weighted by molar-refractivity contribution is 5.83. The van der Waals surface area contributed by atoms with Crippen LogP contribution in [0, 0.1) is 0 Å². The van der Waals surface area contributed by atoms with E-state index in [-0.39, 0.29) is 5.91 Å². The maximum atomic E-state index is 11.6. The topological polar surface area (TPSA) is 66.8 Å². The van der Waals surface area contributed by atoms with E-state index < -0.39 is 12.0 Å². The fourth-order valence-electron chi connectivity index (χ4n) is 2.42. The number of amides is 1. The summed E-state index contributed by atoms with van der Waals surface area (Å²) in [5.74, 6) is -0.457. The summed E-state index contributed by atoms with van der Waals surface area (Å²) in [6, 6.07) is 4.39. The van der Waals surface area contributed by atoms with Crippen LogP contribution >= 0.6 is 0 Å². The Morgan fingerprint density at radius 3 is 2.79 bits per heavy atom. The van der Waals surface area contributed by atoms with Crippen LogP contribution in [0.4, 0.5) is 0 Å². The Hall–Kier alpha value is -2.04. The highest BCUT2D eigenvalue weighted by Gasteiger charge is 2.29. The summed E-state index contributed by atoms with van der Waals surface area (Å²) < 4.78 is 5.40. The second-order valence-electron chi connectivity index (χ2n) is 4.51. The molecule has 2 rings (SSSR count). The molecule has 0 radical (unpaired) electrons. The number of carbonyl (C=O) groups excluding carboxylic acids is 1. The zero-order valence-electron chi connectivity index (χ0n) is 11.0. The van der Waals surface area contributed by atoms with Crippen molar-refractivity contribution in [3.63, 3.8) is 0 Å². The van der Waals surface area contributed by atoms with Crippen molar-refractivity contribution < 1.29 is 19.4 Å². The van der Waals surface area contributed by atoms with Crippen molar-refractivity contribution in [2.24, 2.45) is 0 Å². The molecule has 1 N–H and O–H groups in total. The monoisotopic (exact) mass is 263 g/mol. The fourth-order valence-corrected chi connectivity index (χ4v) is 2.42. The van der Waals surface area contributed by atoms with E-state index in [1.54, 1.807) is 19.1 Å². The molecule has 0 bridgehead atoms. The lowest BCUT2D eigenvalue weighted by Crippen LogP contribution is -2.37. The summed E-state index contributed by atoms with van der Waals surface area (Å²) in [6.07, 6.45) is 0.779. The van der Waals surface area contributed by atoms with Gasteiger partial charge in [0.2, 0.25) is 5.91 Å². The molecule has 1 unspecified atom stereocenters. The van der Waals surface area contributed by atoms with Crippen LogP contribution in [-0.2, 0) is 16.0 Å². The van der Waals surface area contributed by atoms with Gasteiger partial charge in [-0.25, -0.2) is 4.79 Å². The number of likely N-dealkylation sites (N-methyl/N-ethyl adjacent to an activating group) is 1. The van der Waals surface area contributed by atoms with E-state index in [0.717, 1.165) is 17.7 Å². The van der Waals surface area contributed by atoms with Crippen LogP contribution in [0.1, 0.15) is 31.0 Å². The quantitative estimate of drug-likeness (QED) is 0.896. The van der Waals surface area contributed by atoms with Crippen molar-refractivity contribution in [3.05, 3.63) is 29.3 Å². The highest BCUT2D eigenvalue weighted by Crippen LogP contribution is 2.30. The number of carboxylic acid groups (broad SMARTS) is 1. The van der Waals surface area contributed by atoms with Gasteiger partial charge in [0.25, 0.3) is 0 Å². The zero-order chi connectivity index (χ0) is 14.0.